The van der Waals surface area contributed by atoms with E-state index in [-0.39, 0.29) is 0 Å². The van der Waals surface area contributed by atoms with Crippen LogP contribution in [-0.2, 0) is 0 Å². The zero-order chi connectivity index (χ0) is 41.4. The lowest BCUT2D eigenvalue weighted by atomic mass is 9.93. The van der Waals surface area contributed by atoms with Crippen molar-refractivity contribution in [2.45, 2.75) is 0 Å². The zero-order valence-electron chi connectivity index (χ0n) is 33.6. The van der Waals surface area contributed by atoms with Crippen LogP contribution in [-0.4, -0.2) is 15.0 Å². The molecule has 294 valence electrons. The molecule has 0 amide bonds. The summed E-state index contributed by atoms with van der Waals surface area (Å²) in [6, 6.07) is 68.4. The lowest BCUT2D eigenvalue weighted by molar-refractivity contribution is 0.487. The molecule has 9 aromatic carbocycles. The minimum Gasteiger partial charge on any atom is -0.456 e. The normalized spacial score (nSPS) is 12.2. The average Bonchev–Trinajstić information content (AvgIpc) is 3.66. The van der Waals surface area contributed by atoms with Crippen molar-refractivity contribution >= 4 is 0 Å². The Hall–Kier alpha value is -8.61. The molecule has 0 fully saturated rings. The van der Waals surface area contributed by atoms with E-state index in [1.54, 1.807) is 0 Å². The Morgan fingerprint density at radius 3 is 0.714 bits per heavy atom. The molecule has 0 unspecified atom stereocenters. The van der Waals surface area contributed by atoms with Gasteiger partial charge in [0.15, 0.2) is 17.5 Å². The zero-order valence-corrected chi connectivity index (χ0v) is 33.6. The summed E-state index contributed by atoms with van der Waals surface area (Å²) in [4.78, 5) is 15.8. The van der Waals surface area contributed by atoms with E-state index in [2.05, 4.69) is 109 Å². The second-order valence-corrected chi connectivity index (χ2v) is 15.9. The fourth-order valence-corrected chi connectivity index (χ4v) is 9.22. The van der Waals surface area contributed by atoms with Crippen LogP contribution in [0.15, 0.2) is 200 Å². The molecule has 6 nitrogen and oxygen atoms in total. The quantitative estimate of drug-likeness (QED) is 0.177. The van der Waals surface area contributed by atoms with Crippen LogP contribution in [0.1, 0.15) is 0 Å². The molecule has 0 saturated heterocycles. The summed E-state index contributed by atoms with van der Waals surface area (Å²) < 4.78 is 19.8. The molecule has 4 heterocycles. The molecular formula is C57H33N3O3. The molecule has 0 aliphatic carbocycles. The van der Waals surface area contributed by atoms with E-state index in [1.165, 1.54) is 0 Å². The maximum atomic E-state index is 6.62. The summed E-state index contributed by atoms with van der Waals surface area (Å²) in [6.07, 6.45) is 0. The monoisotopic (exact) mass is 807 g/mol. The summed E-state index contributed by atoms with van der Waals surface area (Å²) >= 11 is 0. The van der Waals surface area contributed by atoms with Gasteiger partial charge in [0.2, 0.25) is 0 Å². The van der Waals surface area contributed by atoms with Crippen molar-refractivity contribution < 1.29 is 14.2 Å². The molecule has 0 saturated carbocycles. The number of rotatable bonds is 3. The maximum absolute atomic E-state index is 6.62. The first-order valence-electron chi connectivity index (χ1n) is 21.0. The van der Waals surface area contributed by atoms with Crippen molar-refractivity contribution in [2.75, 3.05) is 0 Å². The molecule has 0 bridgehead atoms. The van der Waals surface area contributed by atoms with E-state index in [0.29, 0.717) is 17.5 Å². The highest BCUT2D eigenvalue weighted by Gasteiger charge is 2.26. The third-order valence-electron chi connectivity index (χ3n) is 12.2. The number of ether oxygens (including phenoxy) is 3. The Morgan fingerprint density at radius 1 is 0.206 bits per heavy atom. The second kappa shape index (κ2) is 14.0. The third-order valence-corrected chi connectivity index (χ3v) is 12.2. The fraction of sp³-hybridized carbons (Fsp3) is 0. The van der Waals surface area contributed by atoms with Gasteiger partial charge in [-0.2, -0.15) is 0 Å². The van der Waals surface area contributed by atoms with E-state index >= 15 is 0 Å². The molecule has 13 rings (SSSR count). The van der Waals surface area contributed by atoms with Gasteiger partial charge in [-0.3, -0.25) is 0 Å². The topological polar surface area (TPSA) is 66.4 Å². The minimum absolute atomic E-state index is 0.537. The molecule has 0 atom stereocenters. The minimum atomic E-state index is 0.537. The van der Waals surface area contributed by atoms with Gasteiger partial charge in [-0.25, -0.2) is 15.0 Å². The van der Waals surface area contributed by atoms with E-state index < -0.39 is 0 Å². The van der Waals surface area contributed by atoms with Gasteiger partial charge in [-0.15, -0.1) is 0 Å². The fourth-order valence-electron chi connectivity index (χ4n) is 9.22. The van der Waals surface area contributed by atoms with Crippen LogP contribution in [0, 0.1) is 0 Å². The van der Waals surface area contributed by atoms with Crippen molar-refractivity contribution in [3.8, 4) is 135 Å². The predicted octanol–water partition coefficient (Wildman–Crippen LogP) is 15.2. The number of hydrogen-bond donors (Lipinski definition) is 0. The Labute approximate surface area is 363 Å². The van der Waals surface area contributed by atoms with E-state index in [9.17, 15) is 0 Å². The van der Waals surface area contributed by atoms with Crippen molar-refractivity contribution in [2.24, 2.45) is 0 Å². The predicted molar refractivity (Wildman–Crippen MR) is 249 cm³/mol. The lowest BCUT2D eigenvalue weighted by Gasteiger charge is -2.14. The third kappa shape index (κ3) is 5.76. The largest absolute Gasteiger partial charge is 0.456 e. The summed E-state index contributed by atoms with van der Waals surface area (Å²) in [5, 5.41) is 0. The van der Waals surface area contributed by atoms with Crippen LogP contribution in [0.3, 0.4) is 0 Å². The number of fused-ring (bicyclic) bond motifs is 15. The number of aromatic nitrogens is 3. The van der Waals surface area contributed by atoms with E-state index in [1.807, 2.05) is 91.0 Å². The highest BCUT2D eigenvalue weighted by Crippen LogP contribution is 2.51. The lowest BCUT2D eigenvalue weighted by Crippen LogP contribution is -2.01. The highest BCUT2D eigenvalue weighted by molar-refractivity contribution is 5.95. The summed E-state index contributed by atoms with van der Waals surface area (Å²) in [6.45, 7) is 0. The van der Waals surface area contributed by atoms with Crippen LogP contribution in [0.4, 0.5) is 0 Å². The standard InChI is InChI=1S/C57H33N3O3/c1-4-16-40-37(13-1)43-19-7-10-22-49(43)61-52-28-25-34(31-46(40)52)55-58-56(35-26-29-53-47(32-35)41-17-5-2-14-38(41)44-20-8-11-23-50(44)62-53)60-57(59-55)36-27-30-54-48(33-36)42-18-6-3-15-39(42)45-21-9-12-24-51(45)63-54/h1-33H. The molecular weight excluding hydrogens is 775 g/mol. The van der Waals surface area contributed by atoms with Gasteiger partial charge in [0.1, 0.15) is 34.5 Å². The maximum Gasteiger partial charge on any atom is 0.164 e. The number of benzene rings is 9. The molecule has 6 heteroatoms. The van der Waals surface area contributed by atoms with Crippen LogP contribution in [0.25, 0.3) is 101 Å². The number of para-hydroxylation sites is 3. The molecule has 63 heavy (non-hydrogen) atoms. The summed E-state index contributed by atoms with van der Waals surface area (Å²) in [5.74, 6) is 6.35. The van der Waals surface area contributed by atoms with Gasteiger partial charge in [-0.1, -0.05) is 127 Å². The Kier molecular flexibility index (Phi) is 7.80. The Morgan fingerprint density at radius 2 is 0.429 bits per heavy atom. The molecule has 10 aromatic rings. The summed E-state index contributed by atoms with van der Waals surface area (Å²) in [5.41, 5.74) is 15.0. The average molecular weight is 808 g/mol. The van der Waals surface area contributed by atoms with Gasteiger partial charge in [0.05, 0.1) is 0 Å². The Bertz CT molecular complexity index is 3140. The van der Waals surface area contributed by atoms with Crippen LogP contribution in [0.5, 0.6) is 34.5 Å². The van der Waals surface area contributed by atoms with Crippen LogP contribution in [0.2, 0.25) is 0 Å². The van der Waals surface area contributed by atoms with E-state index in [0.717, 1.165) is 118 Å². The first-order chi connectivity index (χ1) is 31.2. The van der Waals surface area contributed by atoms with Crippen molar-refractivity contribution in [3.05, 3.63) is 200 Å². The first kappa shape index (κ1) is 35.2. The van der Waals surface area contributed by atoms with E-state index in [4.69, 9.17) is 29.2 Å². The smallest absolute Gasteiger partial charge is 0.164 e. The van der Waals surface area contributed by atoms with Gasteiger partial charge < -0.3 is 14.2 Å². The van der Waals surface area contributed by atoms with Gasteiger partial charge in [-0.05, 0) is 106 Å². The molecule has 0 radical (unpaired) electrons. The molecule has 0 N–H and O–H groups in total. The number of hydrogen-bond acceptors (Lipinski definition) is 6. The first-order valence-corrected chi connectivity index (χ1v) is 21.0. The SMILES string of the molecule is c1ccc2c(c1)Oc1ccc(-c3nc(-c4ccc5c(c4)-c4ccccc4-c4ccccc4O5)nc(-c4ccc5c(c4)-c4ccccc4-c4ccccc4O5)n3)cc1-c1ccccc1-2. The van der Waals surface area contributed by atoms with Gasteiger partial charge >= 0.3 is 0 Å². The molecule has 1 aromatic heterocycles. The molecule has 3 aliphatic heterocycles. The van der Waals surface area contributed by atoms with Crippen LogP contribution < -0.4 is 14.2 Å². The van der Waals surface area contributed by atoms with Crippen molar-refractivity contribution in [1.29, 1.82) is 0 Å². The highest BCUT2D eigenvalue weighted by atomic mass is 16.5. The molecule has 3 aliphatic rings. The van der Waals surface area contributed by atoms with Crippen LogP contribution >= 0.6 is 0 Å². The number of nitrogens with zero attached hydrogens (tertiary/aromatic N) is 3. The van der Waals surface area contributed by atoms with Gasteiger partial charge in [0, 0.05) is 50.1 Å². The molecule has 0 spiro atoms. The summed E-state index contributed by atoms with van der Waals surface area (Å²) in [7, 11) is 0. The van der Waals surface area contributed by atoms with Crippen molar-refractivity contribution in [1.82, 2.24) is 15.0 Å². The van der Waals surface area contributed by atoms with Gasteiger partial charge in [0.25, 0.3) is 0 Å². The van der Waals surface area contributed by atoms with Crippen molar-refractivity contribution in [3.63, 3.8) is 0 Å². The Balaban J connectivity index is 1.01. The second-order valence-electron chi connectivity index (χ2n) is 15.9.